The third-order valence-corrected chi connectivity index (χ3v) is 5.66. The molecule has 2 saturated heterocycles. The van der Waals surface area contributed by atoms with Crippen molar-refractivity contribution in [2.75, 3.05) is 24.5 Å². The Hall–Kier alpha value is -3.10. The minimum Gasteiger partial charge on any atom is -0.444 e. The first kappa shape index (κ1) is 21.1. The van der Waals surface area contributed by atoms with Crippen molar-refractivity contribution in [2.24, 2.45) is 0 Å². The molecule has 166 valence electrons. The lowest BCUT2D eigenvalue weighted by Crippen LogP contribution is -2.49. The monoisotopic (exact) mass is 427 g/mol. The van der Waals surface area contributed by atoms with Crippen LogP contribution in [0.5, 0.6) is 0 Å². The van der Waals surface area contributed by atoms with Crippen molar-refractivity contribution in [3.05, 3.63) is 24.0 Å². The molecule has 2 fully saturated rings. The smallest absolute Gasteiger partial charge is 0.410 e. The lowest BCUT2D eigenvalue weighted by molar-refractivity contribution is -0.120. The quantitative estimate of drug-likeness (QED) is 0.793. The molecular formula is C22H29N5O4. The molecule has 2 aromatic heterocycles. The molecule has 0 saturated carbocycles. The van der Waals surface area contributed by atoms with Gasteiger partial charge in [-0.25, -0.2) is 14.6 Å². The standard InChI is InChI=1S/C22H29N5O4/c1-14-12-27(15-6-5-8-25(13-15)21(30)31-22(2,3)4)19-17(14)10-16(11-23-19)26-9-7-18(28)24-20(26)29/h10-12,15H,5-9,13H2,1-4H3,(H,24,28,29)/t15-/m0/s1. The molecule has 1 N–H and O–H groups in total. The Bertz CT molecular complexity index is 1040. The SMILES string of the molecule is Cc1cn([C@H]2CCCN(C(=O)OC(C)(C)C)C2)c2ncc(N3CCC(=O)NC3=O)cc12. The minimum atomic E-state index is -0.524. The third-order valence-electron chi connectivity index (χ3n) is 5.66. The van der Waals surface area contributed by atoms with Crippen LogP contribution in [-0.2, 0) is 9.53 Å². The Labute approximate surface area is 181 Å². The maximum atomic E-state index is 12.5. The highest BCUT2D eigenvalue weighted by Crippen LogP contribution is 2.31. The Morgan fingerprint density at radius 1 is 1.26 bits per heavy atom. The van der Waals surface area contributed by atoms with Gasteiger partial charge in [-0.1, -0.05) is 0 Å². The van der Waals surface area contributed by atoms with E-state index in [1.54, 1.807) is 11.1 Å². The van der Waals surface area contributed by atoms with Crippen molar-refractivity contribution in [3.63, 3.8) is 0 Å². The van der Waals surface area contributed by atoms with Crippen LogP contribution in [-0.4, -0.2) is 57.7 Å². The van der Waals surface area contributed by atoms with Gasteiger partial charge in [0.15, 0.2) is 0 Å². The minimum absolute atomic E-state index is 0.103. The summed E-state index contributed by atoms with van der Waals surface area (Å²) in [4.78, 5) is 44.1. The summed E-state index contributed by atoms with van der Waals surface area (Å²) in [7, 11) is 0. The van der Waals surface area contributed by atoms with Crippen LogP contribution in [0.1, 0.15) is 51.6 Å². The van der Waals surface area contributed by atoms with Crippen molar-refractivity contribution < 1.29 is 19.1 Å². The molecule has 31 heavy (non-hydrogen) atoms. The molecule has 4 amide bonds. The Balaban J connectivity index is 1.58. The van der Waals surface area contributed by atoms with Crippen LogP contribution in [0.2, 0.25) is 0 Å². The zero-order valence-electron chi connectivity index (χ0n) is 18.5. The number of nitrogens with one attached hydrogen (secondary N) is 1. The topological polar surface area (TPSA) is 96.8 Å². The maximum Gasteiger partial charge on any atom is 0.410 e. The van der Waals surface area contributed by atoms with Gasteiger partial charge in [0.1, 0.15) is 11.2 Å². The number of ether oxygens (including phenoxy) is 1. The molecule has 0 radical (unpaired) electrons. The molecule has 2 aromatic rings. The average Bonchev–Trinajstić information content (AvgIpc) is 3.03. The predicted molar refractivity (Wildman–Crippen MR) is 116 cm³/mol. The molecule has 9 heteroatoms. The number of urea groups is 1. The van der Waals surface area contributed by atoms with Crippen LogP contribution in [0.15, 0.2) is 18.5 Å². The molecule has 1 atom stereocenters. The van der Waals surface area contributed by atoms with Crippen LogP contribution < -0.4 is 10.2 Å². The van der Waals surface area contributed by atoms with E-state index in [9.17, 15) is 14.4 Å². The first-order valence-corrected chi connectivity index (χ1v) is 10.7. The second-order valence-corrected chi connectivity index (χ2v) is 9.26. The lowest BCUT2D eigenvalue weighted by Gasteiger charge is -2.35. The van der Waals surface area contributed by atoms with Crippen molar-refractivity contribution in [3.8, 4) is 0 Å². The number of hydrogen-bond donors (Lipinski definition) is 1. The number of piperidine rings is 1. The van der Waals surface area contributed by atoms with Crippen molar-refractivity contribution in [2.45, 2.75) is 58.6 Å². The van der Waals surface area contributed by atoms with E-state index in [-0.39, 0.29) is 24.5 Å². The van der Waals surface area contributed by atoms with Crippen LogP contribution in [0.3, 0.4) is 0 Å². The van der Waals surface area contributed by atoms with E-state index in [1.807, 2.05) is 33.8 Å². The first-order chi connectivity index (χ1) is 14.6. The van der Waals surface area contributed by atoms with Gasteiger partial charge in [0.25, 0.3) is 0 Å². The van der Waals surface area contributed by atoms with Gasteiger partial charge in [-0.05, 0) is 52.2 Å². The molecule has 0 unspecified atom stereocenters. The highest BCUT2D eigenvalue weighted by atomic mass is 16.6. The summed E-state index contributed by atoms with van der Waals surface area (Å²) in [6.45, 7) is 9.21. The summed E-state index contributed by atoms with van der Waals surface area (Å²) in [5.41, 5.74) is 2.01. The molecule has 9 nitrogen and oxygen atoms in total. The number of rotatable bonds is 2. The normalized spacial score (nSPS) is 20.2. The number of anilines is 1. The Kier molecular flexibility index (Phi) is 5.36. The van der Waals surface area contributed by atoms with Crippen LogP contribution in [0.4, 0.5) is 15.3 Å². The number of fused-ring (bicyclic) bond motifs is 1. The summed E-state index contributed by atoms with van der Waals surface area (Å²) in [5, 5.41) is 3.30. The average molecular weight is 428 g/mol. The summed E-state index contributed by atoms with van der Waals surface area (Å²) >= 11 is 0. The van der Waals surface area contributed by atoms with Crippen molar-refractivity contribution >= 4 is 34.8 Å². The lowest BCUT2D eigenvalue weighted by atomic mass is 10.1. The number of aryl methyl sites for hydroxylation is 1. The fourth-order valence-corrected chi connectivity index (χ4v) is 4.19. The van der Waals surface area contributed by atoms with Gasteiger partial charge in [0.2, 0.25) is 5.91 Å². The number of carbonyl (C=O) groups is 3. The second kappa shape index (κ2) is 7.86. The molecule has 0 spiro atoms. The molecule has 2 aliphatic heterocycles. The highest BCUT2D eigenvalue weighted by molar-refractivity contribution is 6.06. The van der Waals surface area contributed by atoms with E-state index in [0.29, 0.717) is 25.3 Å². The fourth-order valence-electron chi connectivity index (χ4n) is 4.19. The molecule has 0 bridgehead atoms. The number of pyridine rings is 1. The van der Waals surface area contributed by atoms with E-state index in [4.69, 9.17) is 4.74 Å². The number of amides is 4. The van der Waals surface area contributed by atoms with Crippen LogP contribution in [0, 0.1) is 6.92 Å². The van der Waals surface area contributed by atoms with Crippen molar-refractivity contribution in [1.29, 1.82) is 0 Å². The van der Waals surface area contributed by atoms with E-state index in [2.05, 4.69) is 21.1 Å². The zero-order valence-corrected chi connectivity index (χ0v) is 18.5. The molecule has 4 rings (SSSR count). The number of aromatic nitrogens is 2. The van der Waals surface area contributed by atoms with E-state index in [0.717, 1.165) is 29.4 Å². The van der Waals surface area contributed by atoms with Gasteiger partial charge in [0.05, 0.1) is 17.9 Å². The van der Waals surface area contributed by atoms with Gasteiger partial charge in [-0.2, -0.15) is 0 Å². The van der Waals surface area contributed by atoms with E-state index < -0.39 is 11.6 Å². The van der Waals surface area contributed by atoms with Crippen LogP contribution in [0.25, 0.3) is 11.0 Å². The third kappa shape index (κ3) is 4.35. The zero-order chi connectivity index (χ0) is 22.3. The first-order valence-electron chi connectivity index (χ1n) is 10.7. The van der Waals surface area contributed by atoms with E-state index >= 15 is 0 Å². The maximum absolute atomic E-state index is 12.5. The van der Waals surface area contributed by atoms with E-state index in [1.165, 1.54) is 4.90 Å². The molecule has 2 aliphatic rings. The fraction of sp³-hybridized carbons (Fsp3) is 0.545. The summed E-state index contributed by atoms with van der Waals surface area (Å²) in [6.07, 6.45) is 5.55. The van der Waals surface area contributed by atoms with Gasteiger partial charge < -0.3 is 14.2 Å². The number of imide groups is 1. The predicted octanol–water partition coefficient (Wildman–Crippen LogP) is 3.36. The number of likely N-dealkylation sites (tertiary alicyclic amines) is 1. The summed E-state index contributed by atoms with van der Waals surface area (Å²) in [5.74, 6) is -0.260. The molecule has 0 aliphatic carbocycles. The Morgan fingerprint density at radius 3 is 2.74 bits per heavy atom. The number of hydrogen-bond acceptors (Lipinski definition) is 5. The highest BCUT2D eigenvalue weighted by Gasteiger charge is 2.30. The van der Waals surface area contributed by atoms with Gasteiger partial charge in [-0.3, -0.25) is 15.0 Å². The van der Waals surface area contributed by atoms with Gasteiger partial charge >= 0.3 is 12.1 Å². The second-order valence-electron chi connectivity index (χ2n) is 9.26. The number of carbonyl (C=O) groups excluding carboxylic acids is 3. The molecule has 4 heterocycles. The Morgan fingerprint density at radius 2 is 2.03 bits per heavy atom. The number of nitrogens with zero attached hydrogens (tertiary/aromatic N) is 4. The summed E-state index contributed by atoms with van der Waals surface area (Å²) in [6, 6.07) is 1.62. The largest absolute Gasteiger partial charge is 0.444 e. The van der Waals surface area contributed by atoms with Crippen LogP contribution >= 0.6 is 0 Å². The molecular weight excluding hydrogens is 398 g/mol. The van der Waals surface area contributed by atoms with Gasteiger partial charge in [-0.15, -0.1) is 0 Å². The summed E-state index contributed by atoms with van der Waals surface area (Å²) < 4.78 is 7.68. The van der Waals surface area contributed by atoms with Gasteiger partial charge in [0, 0.05) is 37.6 Å². The molecule has 0 aromatic carbocycles. The van der Waals surface area contributed by atoms with Crippen molar-refractivity contribution in [1.82, 2.24) is 19.8 Å².